The highest BCUT2D eigenvalue weighted by atomic mass is 32.2. The first kappa shape index (κ1) is 22.4. The summed E-state index contributed by atoms with van der Waals surface area (Å²) in [6.07, 6.45) is 0. The molecule has 0 unspecified atom stereocenters. The monoisotopic (exact) mass is 445 g/mol. The number of benzene rings is 3. The van der Waals surface area contributed by atoms with E-state index in [1.54, 1.807) is 18.2 Å². The molecular formula is C22H21F2N3O3S. The highest BCUT2D eigenvalue weighted by Crippen LogP contribution is 2.25. The summed E-state index contributed by atoms with van der Waals surface area (Å²) in [5.41, 5.74) is 1.26. The molecule has 162 valence electrons. The minimum Gasteiger partial charge on any atom is -0.322 e. The van der Waals surface area contributed by atoms with Crippen LogP contribution in [0.3, 0.4) is 0 Å². The van der Waals surface area contributed by atoms with Crippen molar-refractivity contribution in [3.8, 4) is 0 Å². The van der Waals surface area contributed by atoms with Crippen LogP contribution in [0.15, 0.2) is 72.8 Å². The Morgan fingerprint density at radius 2 is 1.52 bits per heavy atom. The van der Waals surface area contributed by atoms with E-state index in [1.807, 2.05) is 0 Å². The first-order valence-corrected chi connectivity index (χ1v) is 10.7. The molecule has 0 aliphatic rings. The second kappa shape index (κ2) is 9.23. The van der Waals surface area contributed by atoms with Gasteiger partial charge in [-0.2, -0.15) is 12.7 Å². The van der Waals surface area contributed by atoms with E-state index < -0.39 is 27.8 Å². The number of carbonyl (C=O) groups excluding carboxylic acids is 1. The molecule has 3 rings (SSSR count). The number of para-hydroxylation sites is 1. The molecule has 3 aromatic rings. The fraction of sp³-hybridized carbons (Fsp3) is 0.136. The third-order valence-electron chi connectivity index (χ3n) is 4.51. The minimum absolute atomic E-state index is 0.0747. The van der Waals surface area contributed by atoms with Crippen molar-refractivity contribution in [2.75, 3.05) is 23.7 Å². The van der Waals surface area contributed by atoms with Gasteiger partial charge in [-0.05, 0) is 54.1 Å². The van der Waals surface area contributed by atoms with Gasteiger partial charge in [0.2, 0.25) is 0 Å². The normalized spacial score (nSPS) is 11.4. The van der Waals surface area contributed by atoms with E-state index in [0.717, 1.165) is 8.61 Å². The third kappa shape index (κ3) is 5.25. The fourth-order valence-corrected chi connectivity index (χ4v) is 3.91. The van der Waals surface area contributed by atoms with Gasteiger partial charge in [-0.1, -0.05) is 24.3 Å². The Morgan fingerprint density at radius 3 is 2.10 bits per heavy atom. The molecular weight excluding hydrogens is 424 g/mol. The predicted octanol–water partition coefficient (Wildman–Crippen LogP) is 4.03. The average Bonchev–Trinajstić information content (AvgIpc) is 2.74. The molecule has 1 amide bonds. The van der Waals surface area contributed by atoms with Gasteiger partial charge in [-0.25, -0.2) is 8.78 Å². The molecule has 0 heterocycles. The maximum Gasteiger partial charge on any atom is 0.303 e. The fourth-order valence-electron chi connectivity index (χ4n) is 2.81. The van der Waals surface area contributed by atoms with Crippen LogP contribution in [0.4, 0.5) is 20.2 Å². The van der Waals surface area contributed by atoms with Gasteiger partial charge in [0.05, 0.1) is 12.2 Å². The van der Waals surface area contributed by atoms with Crippen LogP contribution in [0, 0.1) is 11.6 Å². The van der Waals surface area contributed by atoms with Crippen LogP contribution in [0.25, 0.3) is 0 Å². The topological polar surface area (TPSA) is 69.7 Å². The zero-order valence-electron chi connectivity index (χ0n) is 16.9. The summed E-state index contributed by atoms with van der Waals surface area (Å²) in [5.74, 6) is -1.47. The summed E-state index contributed by atoms with van der Waals surface area (Å²) < 4.78 is 54.9. The van der Waals surface area contributed by atoms with Crippen LogP contribution < -0.4 is 9.62 Å². The number of hydrogen-bond donors (Lipinski definition) is 1. The molecule has 0 bridgehead atoms. The third-order valence-corrected chi connectivity index (χ3v) is 6.31. The summed E-state index contributed by atoms with van der Waals surface area (Å²) in [4.78, 5) is 12.4. The lowest BCUT2D eigenvalue weighted by Crippen LogP contribution is -2.40. The van der Waals surface area contributed by atoms with E-state index >= 15 is 0 Å². The molecule has 0 radical (unpaired) electrons. The SMILES string of the molecule is CN(C)S(=O)(=O)N(Cc1ccc(C(=O)Nc2ccc(F)cc2)cc1)c1ccccc1F. The Kier molecular flexibility index (Phi) is 6.67. The molecule has 0 aliphatic carbocycles. The molecule has 6 nitrogen and oxygen atoms in total. The molecule has 0 fully saturated rings. The van der Waals surface area contributed by atoms with Crippen molar-refractivity contribution in [2.45, 2.75) is 6.54 Å². The van der Waals surface area contributed by atoms with E-state index in [9.17, 15) is 22.0 Å². The van der Waals surface area contributed by atoms with E-state index in [1.165, 1.54) is 68.7 Å². The summed E-state index contributed by atoms with van der Waals surface area (Å²) in [6, 6.07) is 17.2. The number of nitrogens with one attached hydrogen (secondary N) is 1. The molecule has 0 spiro atoms. The smallest absolute Gasteiger partial charge is 0.303 e. The van der Waals surface area contributed by atoms with Crippen molar-refractivity contribution in [3.63, 3.8) is 0 Å². The quantitative estimate of drug-likeness (QED) is 0.597. The standard InChI is InChI=1S/C22H21F2N3O3S/c1-26(2)31(29,30)27(21-6-4-3-5-20(21)24)15-16-7-9-17(10-8-16)22(28)25-19-13-11-18(23)12-14-19/h3-14H,15H2,1-2H3,(H,25,28). The highest BCUT2D eigenvalue weighted by molar-refractivity contribution is 7.90. The number of carbonyl (C=O) groups is 1. The Morgan fingerprint density at radius 1 is 0.903 bits per heavy atom. The Bertz CT molecular complexity index is 1170. The van der Waals surface area contributed by atoms with Crippen molar-refractivity contribution in [2.24, 2.45) is 0 Å². The Labute approximate surface area is 179 Å². The van der Waals surface area contributed by atoms with Crippen molar-refractivity contribution in [1.82, 2.24) is 4.31 Å². The van der Waals surface area contributed by atoms with Gasteiger partial charge in [0.15, 0.2) is 0 Å². The summed E-state index contributed by atoms with van der Waals surface area (Å²) >= 11 is 0. The molecule has 9 heteroatoms. The van der Waals surface area contributed by atoms with E-state index in [0.29, 0.717) is 16.8 Å². The van der Waals surface area contributed by atoms with Crippen LogP contribution in [0.1, 0.15) is 15.9 Å². The zero-order chi connectivity index (χ0) is 22.6. The van der Waals surface area contributed by atoms with E-state index in [-0.39, 0.29) is 12.2 Å². The number of hydrogen-bond acceptors (Lipinski definition) is 3. The maximum absolute atomic E-state index is 14.3. The Hall–Kier alpha value is -3.30. The van der Waals surface area contributed by atoms with Gasteiger partial charge in [-0.3, -0.25) is 9.10 Å². The summed E-state index contributed by atoms with van der Waals surface area (Å²) in [7, 11) is -1.23. The van der Waals surface area contributed by atoms with Crippen molar-refractivity contribution >= 4 is 27.5 Å². The van der Waals surface area contributed by atoms with Crippen molar-refractivity contribution in [1.29, 1.82) is 0 Å². The molecule has 0 aromatic heterocycles. The van der Waals surface area contributed by atoms with Gasteiger partial charge in [0, 0.05) is 25.3 Å². The van der Waals surface area contributed by atoms with Gasteiger partial charge < -0.3 is 5.32 Å². The molecule has 0 saturated carbocycles. The molecule has 1 N–H and O–H groups in total. The minimum atomic E-state index is -3.97. The van der Waals surface area contributed by atoms with Crippen LogP contribution in [0.2, 0.25) is 0 Å². The van der Waals surface area contributed by atoms with Crippen LogP contribution >= 0.6 is 0 Å². The van der Waals surface area contributed by atoms with Gasteiger partial charge in [0.1, 0.15) is 11.6 Å². The van der Waals surface area contributed by atoms with Gasteiger partial charge in [0.25, 0.3) is 5.91 Å². The average molecular weight is 445 g/mol. The van der Waals surface area contributed by atoms with Gasteiger partial charge in [-0.15, -0.1) is 0 Å². The molecule has 0 saturated heterocycles. The lowest BCUT2D eigenvalue weighted by atomic mass is 10.1. The van der Waals surface area contributed by atoms with E-state index in [2.05, 4.69) is 5.32 Å². The molecule has 0 atom stereocenters. The van der Waals surface area contributed by atoms with Crippen molar-refractivity contribution < 1.29 is 22.0 Å². The predicted molar refractivity (Wildman–Crippen MR) is 116 cm³/mol. The number of halogens is 2. The van der Waals surface area contributed by atoms with Crippen LogP contribution in [-0.2, 0) is 16.8 Å². The molecule has 3 aromatic carbocycles. The molecule has 31 heavy (non-hydrogen) atoms. The lowest BCUT2D eigenvalue weighted by Gasteiger charge is -2.27. The highest BCUT2D eigenvalue weighted by Gasteiger charge is 2.27. The second-order valence-corrected chi connectivity index (χ2v) is 8.97. The van der Waals surface area contributed by atoms with Crippen LogP contribution in [-0.4, -0.2) is 32.7 Å². The number of nitrogens with zero attached hydrogens (tertiary/aromatic N) is 2. The van der Waals surface area contributed by atoms with Gasteiger partial charge >= 0.3 is 10.2 Å². The first-order valence-electron chi connectivity index (χ1n) is 9.29. The maximum atomic E-state index is 14.3. The first-order chi connectivity index (χ1) is 14.7. The second-order valence-electron chi connectivity index (χ2n) is 6.91. The summed E-state index contributed by atoms with van der Waals surface area (Å²) in [6.45, 7) is -0.124. The number of rotatable bonds is 7. The van der Waals surface area contributed by atoms with Crippen LogP contribution in [0.5, 0.6) is 0 Å². The van der Waals surface area contributed by atoms with E-state index in [4.69, 9.17) is 0 Å². The lowest BCUT2D eigenvalue weighted by molar-refractivity contribution is 0.102. The Balaban J connectivity index is 1.82. The summed E-state index contributed by atoms with van der Waals surface area (Å²) in [5, 5.41) is 2.65. The number of amides is 1. The zero-order valence-corrected chi connectivity index (χ0v) is 17.7. The number of anilines is 2. The molecule has 0 aliphatic heterocycles. The van der Waals surface area contributed by atoms with Crippen molar-refractivity contribution in [3.05, 3.63) is 95.6 Å². The largest absolute Gasteiger partial charge is 0.322 e.